The monoisotopic (exact) mass is 529 g/mol. The van der Waals surface area contributed by atoms with E-state index < -0.39 is 23.5 Å². The number of fused-ring (bicyclic) bond motifs is 1. The van der Waals surface area contributed by atoms with Crippen LogP contribution in [-0.2, 0) is 35.4 Å². The van der Waals surface area contributed by atoms with Crippen molar-refractivity contribution < 1.29 is 14.0 Å². The SMILES string of the molecule is Cc1ccc(CC(=O)C(=O)N[C@H]2c3ccc(CN(C)CCc4ccccc4)cc3C[C@@H]2CN=C(N)N)cc1F. The summed E-state index contributed by atoms with van der Waals surface area (Å²) in [5.74, 6) is -1.84. The van der Waals surface area contributed by atoms with Crippen LogP contribution in [0.15, 0.2) is 71.7 Å². The highest BCUT2D eigenvalue weighted by molar-refractivity contribution is 6.36. The van der Waals surface area contributed by atoms with Crippen LogP contribution in [0.25, 0.3) is 0 Å². The highest BCUT2D eigenvalue weighted by Gasteiger charge is 2.35. The number of hydrogen-bond donors (Lipinski definition) is 3. The summed E-state index contributed by atoms with van der Waals surface area (Å²) in [5.41, 5.74) is 16.7. The van der Waals surface area contributed by atoms with Gasteiger partial charge in [-0.1, -0.05) is 60.7 Å². The Bertz CT molecular complexity index is 1350. The van der Waals surface area contributed by atoms with E-state index in [1.54, 1.807) is 19.1 Å². The first-order chi connectivity index (χ1) is 18.7. The lowest BCUT2D eigenvalue weighted by atomic mass is 9.99. The van der Waals surface area contributed by atoms with Gasteiger partial charge in [0.15, 0.2) is 5.96 Å². The standard InChI is InChI=1S/C31H36FN5O2/c1-20-8-9-22(15-27(20)32)16-28(38)30(39)36-29-25(18-35-31(33)34)17-24-14-23(10-11-26(24)29)19-37(2)13-12-21-6-4-3-5-7-21/h3-11,14-15,25,29H,12-13,16-19H2,1-2H3,(H,36,39)(H4,33,34,35)/t25-,29-/m1/s1. The van der Waals surface area contributed by atoms with Crippen LogP contribution in [0, 0.1) is 18.7 Å². The lowest BCUT2D eigenvalue weighted by Crippen LogP contribution is -2.38. The molecular weight excluding hydrogens is 493 g/mol. The van der Waals surface area contributed by atoms with Gasteiger partial charge in [-0.2, -0.15) is 0 Å². The molecule has 3 aromatic carbocycles. The van der Waals surface area contributed by atoms with Crippen molar-refractivity contribution in [3.05, 3.63) is 106 Å². The molecule has 0 fully saturated rings. The maximum atomic E-state index is 13.9. The molecular formula is C31H36FN5O2. The van der Waals surface area contributed by atoms with Crippen LogP contribution in [0.2, 0.25) is 0 Å². The second-order valence-electron chi connectivity index (χ2n) is 10.4. The van der Waals surface area contributed by atoms with Crippen molar-refractivity contribution in [2.45, 2.75) is 38.8 Å². The molecule has 1 aliphatic carbocycles. The number of amides is 1. The van der Waals surface area contributed by atoms with Gasteiger partial charge >= 0.3 is 0 Å². The Morgan fingerprint density at radius 3 is 2.49 bits per heavy atom. The van der Waals surface area contributed by atoms with E-state index in [-0.39, 0.29) is 18.3 Å². The predicted octanol–water partition coefficient (Wildman–Crippen LogP) is 3.22. The number of carbonyl (C=O) groups is 2. The first kappa shape index (κ1) is 28.0. The summed E-state index contributed by atoms with van der Waals surface area (Å²) in [5, 5.41) is 2.91. The Morgan fingerprint density at radius 2 is 1.77 bits per heavy atom. The van der Waals surface area contributed by atoms with Crippen LogP contribution < -0.4 is 16.8 Å². The number of aryl methyl sites for hydroxylation is 1. The molecule has 5 N–H and O–H groups in total. The minimum atomic E-state index is -0.701. The van der Waals surface area contributed by atoms with Gasteiger partial charge < -0.3 is 21.7 Å². The number of guanidine groups is 1. The largest absolute Gasteiger partial charge is 0.370 e. The Kier molecular flexibility index (Phi) is 9.09. The number of aliphatic imine (C=N–C) groups is 1. The Morgan fingerprint density at radius 1 is 1.03 bits per heavy atom. The van der Waals surface area contributed by atoms with E-state index in [1.807, 2.05) is 12.1 Å². The van der Waals surface area contributed by atoms with Crippen molar-refractivity contribution in [1.29, 1.82) is 0 Å². The molecule has 204 valence electrons. The molecule has 0 spiro atoms. The van der Waals surface area contributed by atoms with Gasteiger partial charge in [0.05, 0.1) is 6.04 Å². The number of Topliss-reactive ketones (excluding diaryl/α,β-unsaturated/α-hetero) is 1. The van der Waals surface area contributed by atoms with Gasteiger partial charge in [0.2, 0.25) is 5.78 Å². The zero-order valence-electron chi connectivity index (χ0n) is 22.5. The minimum absolute atomic E-state index is 0.0192. The van der Waals surface area contributed by atoms with Gasteiger partial charge in [-0.15, -0.1) is 0 Å². The number of nitrogens with two attached hydrogens (primary N) is 2. The number of carbonyl (C=O) groups excluding carboxylic acids is 2. The molecule has 0 unspecified atom stereocenters. The Labute approximate surface area is 229 Å². The van der Waals surface area contributed by atoms with Gasteiger partial charge in [0.1, 0.15) is 5.82 Å². The molecule has 0 bridgehead atoms. The zero-order chi connectivity index (χ0) is 27.9. The van der Waals surface area contributed by atoms with E-state index in [2.05, 4.69) is 58.7 Å². The van der Waals surface area contributed by atoms with Gasteiger partial charge in [-0.05, 0) is 66.3 Å². The summed E-state index contributed by atoms with van der Waals surface area (Å²) in [7, 11) is 2.10. The second kappa shape index (κ2) is 12.7. The van der Waals surface area contributed by atoms with Crippen molar-refractivity contribution >= 4 is 17.6 Å². The summed E-state index contributed by atoms with van der Waals surface area (Å²) < 4.78 is 13.9. The third-order valence-corrected chi connectivity index (χ3v) is 7.22. The lowest BCUT2D eigenvalue weighted by Gasteiger charge is -2.21. The molecule has 0 saturated carbocycles. The molecule has 3 aromatic rings. The van der Waals surface area contributed by atoms with Crippen molar-refractivity contribution in [3.8, 4) is 0 Å². The van der Waals surface area contributed by atoms with Gasteiger partial charge in [-0.25, -0.2) is 4.39 Å². The number of nitrogens with zero attached hydrogens (tertiary/aromatic N) is 2. The third-order valence-electron chi connectivity index (χ3n) is 7.22. The van der Waals surface area contributed by atoms with Crippen LogP contribution in [0.1, 0.15) is 39.4 Å². The Balaban J connectivity index is 1.44. The summed E-state index contributed by atoms with van der Waals surface area (Å²) in [6, 6.07) is 20.8. The van der Waals surface area contributed by atoms with Crippen molar-refractivity contribution in [2.75, 3.05) is 20.1 Å². The van der Waals surface area contributed by atoms with Crippen LogP contribution >= 0.6 is 0 Å². The van der Waals surface area contributed by atoms with Crippen LogP contribution in [0.4, 0.5) is 4.39 Å². The normalized spacial score (nSPS) is 16.1. The molecule has 0 radical (unpaired) electrons. The number of hydrogen-bond acceptors (Lipinski definition) is 4. The molecule has 8 heteroatoms. The highest BCUT2D eigenvalue weighted by atomic mass is 19.1. The zero-order valence-corrected chi connectivity index (χ0v) is 22.5. The fourth-order valence-corrected chi connectivity index (χ4v) is 5.07. The van der Waals surface area contributed by atoms with E-state index in [1.165, 1.54) is 17.2 Å². The number of ketones is 1. The molecule has 7 nitrogen and oxygen atoms in total. The molecule has 1 amide bonds. The van der Waals surface area contributed by atoms with E-state index in [9.17, 15) is 14.0 Å². The maximum absolute atomic E-state index is 13.9. The van der Waals surface area contributed by atoms with Crippen molar-refractivity contribution in [2.24, 2.45) is 22.4 Å². The smallest absolute Gasteiger partial charge is 0.288 e. The molecule has 1 aliphatic rings. The molecule has 39 heavy (non-hydrogen) atoms. The van der Waals surface area contributed by atoms with E-state index in [0.29, 0.717) is 24.1 Å². The Hall–Kier alpha value is -4.04. The van der Waals surface area contributed by atoms with Crippen LogP contribution in [-0.4, -0.2) is 42.7 Å². The van der Waals surface area contributed by atoms with E-state index in [4.69, 9.17) is 11.5 Å². The summed E-state index contributed by atoms with van der Waals surface area (Å²) >= 11 is 0. The first-order valence-electron chi connectivity index (χ1n) is 13.2. The average molecular weight is 530 g/mol. The maximum Gasteiger partial charge on any atom is 0.288 e. The first-order valence-corrected chi connectivity index (χ1v) is 13.2. The van der Waals surface area contributed by atoms with Crippen LogP contribution in [0.5, 0.6) is 0 Å². The number of rotatable bonds is 11. The number of nitrogens with one attached hydrogen (secondary N) is 1. The molecule has 4 rings (SSSR count). The molecule has 0 saturated heterocycles. The summed E-state index contributed by atoms with van der Waals surface area (Å²) in [6.07, 6.45) is 1.48. The molecule has 2 atom stereocenters. The average Bonchev–Trinajstić information content (AvgIpc) is 3.25. The number of halogens is 1. The van der Waals surface area contributed by atoms with Crippen LogP contribution in [0.3, 0.4) is 0 Å². The molecule has 0 heterocycles. The quantitative estimate of drug-likeness (QED) is 0.201. The van der Waals surface area contributed by atoms with Crippen molar-refractivity contribution in [1.82, 2.24) is 10.2 Å². The molecule has 0 aliphatic heterocycles. The number of benzene rings is 3. The topological polar surface area (TPSA) is 114 Å². The van der Waals surface area contributed by atoms with Gasteiger partial charge in [0.25, 0.3) is 5.91 Å². The molecule has 0 aromatic heterocycles. The minimum Gasteiger partial charge on any atom is -0.370 e. The fourth-order valence-electron chi connectivity index (χ4n) is 5.07. The van der Waals surface area contributed by atoms with E-state index >= 15 is 0 Å². The van der Waals surface area contributed by atoms with Gasteiger partial charge in [0, 0.05) is 32.0 Å². The van der Waals surface area contributed by atoms with E-state index in [0.717, 1.165) is 30.6 Å². The number of likely N-dealkylation sites (N-methyl/N-ethyl adjacent to an activating group) is 1. The van der Waals surface area contributed by atoms with Crippen molar-refractivity contribution in [3.63, 3.8) is 0 Å². The van der Waals surface area contributed by atoms with Gasteiger partial charge in [-0.3, -0.25) is 14.6 Å². The lowest BCUT2D eigenvalue weighted by molar-refractivity contribution is -0.138. The summed E-state index contributed by atoms with van der Waals surface area (Å²) in [4.78, 5) is 32.1. The highest BCUT2D eigenvalue weighted by Crippen LogP contribution is 2.37. The summed E-state index contributed by atoms with van der Waals surface area (Å²) in [6.45, 7) is 3.70. The fraction of sp³-hybridized carbons (Fsp3) is 0.323. The predicted molar refractivity (Wildman–Crippen MR) is 152 cm³/mol. The third kappa shape index (κ3) is 7.51. The second-order valence-corrected chi connectivity index (χ2v) is 10.4.